The standard InChI is InChI=1S/C11H15N3/c1-8-5-4-6-14-10(7-12-3)9(2)13-11(8)14/h4-6,12H,7H2,1-3H3. The SMILES string of the molecule is CNCc1c(C)nc2c(C)cccn12. The number of hydrogen-bond donors (Lipinski definition) is 1. The third-order valence-electron chi connectivity index (χ3n) is 2.49. The number of rotatable bonds is 2. The van der Waals surface area contributed by atoms with E-state index >= 15 is 0 Å². The number of aryl methyl sites for hydroxylation is 2. The lowest BCUT2D eigenvalue weighted by atomic mass is 10.3. The highest BCUT2D eigenvalue weighted by molar-refractivity contribution is 5.50. The fourth-order valence-corrected chi connectivity index (χ4v) is 1.75. The van der Waals surface area contributed by atoms with E-state index in [0.717, 1.165) is 17.9 Å². The number of nitrogens with one attached hydrogen (secondary N) is 1. The summed E-state index contributed by atoms with van der Waals surface area (Å²) in [6.07, 6.45) is 2.06. The molecule has 0 aliphatic heterocycles. The highest BCUT2D eigenvalue weighted by Gasteiger charge is 2.08. The van der Waals surface area contributed by atoms with Crippen molar-refractivity contribution in [3.63, 3.8) is 0 Å². The molecule has 0 aromatic carbocycles. The first-order valence-electron chi connectivity index (χ1n) is 4.82. The van der Waals surface area contributed by atoms with E-state index in [1.165, 1.54) is 11.3 Å². The molecule has 0 saturated carbocycles. The van der Waals surface area contributed by atoms with Crippen LogP contribution in [0.25, 0.3) is 5.65 Å². The molecular weight excluding hydrogens is 174 g/mol. The van der Waals surface area contributed by atoms with E-state index in [0.29, 0.717) is 0 Å². The van der Waals surface area contributed by atoms with Gasteiger partial charge < -0.3 is 9.72 Å². The van der Waals surface area contributed by atoms with Crippen LogP contribution in [0.2, 0.25) is 0 Å². The molecule has 14 heavy (non-hydrogen) atoms. The van der Waals surface area contributed by atoms with E-state index in [9.17, 15) is 0 Å². The van der Waals surface area contributed by atoms with Crippen molar-refractivity contribution in [3.8, 4) is 0 Å². The van der Waals surface area contributed by atoms with Crippen molar-refractivity contribution in [1.82, 2.24) is 14.7 Å². The van der Waals surface area contributed by atoms with E-state index in [4.69, 9.17) is 0 Å². The molecule has 0 aliphatic rings. The molecule has 0 saturated heterocycles. The van der Waals surface area contributed by atoms with Gasteiger partial charge in [-0.15, -0.1) is 0 Å². The highest BCUT2D eigenvalue weighted by Crippen LogP contribution is 2.14. The maximum absolute atomic E-state index is 4.55. The van der Waals surface area contributed by atoms with Gasteiger partial charge >= 0.3 is 0 Å². The molecular formula is C11H15N3. The smallest absolute Gasteiger partial charge is 0.140 e. The zero-order valence-corrected chi connectivity index (χ0v) is 8.83. The zero-order valence-electron chi connectivity index (χ0n) is 8.83. The van der Waals surface area contributed by atoms with Crippen molar-refractivity contribution in [2.24, 2.45) is 0 Å². The van der Waals surface area contributed by atoms with E-state index in [-0.39, 0.29) is 0 Å². The Morgan fingerprint density at radius 1 is 1.43 bits per heavy atom. The Hall–Kier alpha value is -1.35. The van der Waals surface area contributed by atoms with Gasteiger partial charge in [0.05, 0.1) is 11.4 Å². The number of hydrogen-bond acceptors (Lipinski definition) is 2. The van der Waals surface area contributed by atoms with Gasteiger partial charge in [0.15, 0.2) is 0 Å². The van der Waals surface area contributed by atoms with E-state index in [1.54, 1.807) is 0 Å². The van der Waals surface area contributed by atoms with Gasteiger partial charge in [0.1, 0.15) is 5.65 Å². The van der Waals surface area contributed by atoms with Gasteiger partial charge in [0.2, 0.25) is 0 Å². The number of aromatic nitrogens is 2. The second-order valence-corrected chi connectivity index (χ2v) is 3.56. The molecule has 2 aromatic heterocycles. The molecule has 74 valence electrons. The van der Waals surface area contributed by atoms with Gasteiger partial charge in [0, 0.05) is 12.7 Å². The molecule has 0 amide bonds. The van der Waals surface area contributed by atoms with Gasteiger partial charge in [-0.25, -0.2) is 4.98 Å². The van der Waals surface area contributed by atoms with Crippen LogP contribution in [-0.2, 0) is 6.54 Å². The minimum Gasteiger partial charge on any atom is -0.314 e. The first-order chi connectivity index (χ1) is 6.74. The molecule has 0 aliphatic carbocycles. The highest BCUT2D eigenvalue weighted by atomic mass is 15.0. The number of imidazole rings is 1. The molecule has 0 fully saturated rings. The first-order valence-corrected chi connectivity index (χ1v) is 4.82. The summed E-state index contributed by atoms with van der Waals surface area (Å²) in [4.78, 5) is 4.55. The molecule has 0 spiro atoms. The van der Waals surface area contributed by atoms with E-state index in [1.807, 2.05) is 7.05 Å². The Kier molecular flexibility index (Phi) is 2.25. The van der Waals surface area contributed by atoms with Gasteiger partial charge in [-0.2, -0.15) is 0 Å². The van der Waals surface area contributed by atoms with Crippen LogP contribution in [0.5, 0.6) is 0 Å². The van der Waals surface area contributed by atoms with Gasteiger partial charge in [0.25, 0.3) is 0 Å². The zero-order chi connectivity index (χ0) is 10.1. The normalized spacial score (nSPS) is 11.1. The second kappa shape index (κ2) is 3.42. The molecule has 2 aromatic rings. The van der Waals surface area contributed by atoms with Crippen LogP contribution in [0.4, 0.5) is 0 Å². The lowest BCUT2D eigenvalue weighted by molar-refractivity contribution is 0.775. The quantitative estimate of drug-likeness (QED) is 0.778. The third kappa shape index (κ3) is 1.30. The molecule has 0 radical (unpaired) electrons. The summed E-state index contributed by atoms with van der Waals surface area (Å²) in [5, 5.41) is 3.16. The maximum atomic E-state index is 4.55. The van der Waals surface area contributed by atoms with Crippen LogP contribution in [0.15, 0.2) is 18.3 Å². The van der Waals surface area contributed by atoms with Crippen molar-refractivity contribution >= 4 is 5.65 Å². The van der Waals surface area contributed by atoms with Gasteiger partial charge in [-0.05, 0) is 32.5 Å². The fraction of sp³-hybridized carbons (Fsp3) is 0.364. The van der Waals surface area contributed by atoms with Crippen LogP contribution < -0.4 is 5.32 Å². The molecule has 0 atom stereocenters. The summed E-state index contributed by atoms with van der Waals surface area (Å²) in [7, 11) is 1.95. The van der Waals surface area contributed by atoms with Crippen molar-refractivity contribution in [2.75, 3.05) is 7.05 Å². The van der Waals surface area contributed by atoms with Crippen molar-refractivity contribution in [3.05, 3.63) is 35.3 Å². The lowest BCUT2D eigenvalue weighted by Crippen LogP contribution is -2.08. The van der Waals surface area contributed by atoms with Crippen molar-refractivity contribution < 1.29 is 0 Å². The van der Waals surface area contributed by atoms with Crippen LogP contribution in [0.3, 0.4) is 0 Å². The monoisotopic (exact) mass is 189 g/mol. The first kappa shape index (κ1) is 9.21. The third-order valence-corrected chi connectivity index (χ3v) is 2.49. The number of fused-ring (bicyclic) bond motifs is 1. The predicted octanol–water partition coefficient (Wildman–Crippen LogP) is 1.67. The van der Waals surface area contributed by atoms with Crippen molar-refractivity contribution in [2.45, 2.75) is 20.4 Å². The minimum atomic E-state index is 0.858. The topological polar surface area (TPSA) is 29.3 Å². The average molecular weight is 189 g/mol. The second-order valence-electron chi connectivity index (χ2n) is 3.56. The summed E-state index contributed by atoms with van der Waals surface area (Å²) >= 11 is 0. The van der Waals surface area contributed by atoms with Crippen LogP contribution in [-0.4, -0.2) is 16.4 Å². The summed E-state index contributed by atoms with van der Waals surface area (Å²) in [6, 6.07) is 4.15. The lowest BCUT2D eigenvalue weighted by Gasteiger charge is -2.02. The van der Waals surface area contributed by atoms with Crippen molar-refractivity contribution in [1.29, 1.82) is 0 Å². The summed E-state index contributed by atoms with van der Waals surface area (Å²) in [5.41, 5.74) is 4.63. The molecule has 2 rings (SSSR count). The Balaban J connectivity index is 2.70. The largest absolute Gasteiger partial charge is 0.314 e. The fourth-order valence-electron chi connectivity index (χ4n) is 1.75. The number of pyridine rings is 1. The summed E-state index contributed by atoms with van der Waals surface area (Å²) in [5.74, 6) is 0. The van der Waals surface area contributed by atoms with Crippen LogP contribution in [0.1, 0.15) is 17.0 Å². The Morgan fingerprint density at radius 3 is 2.93 bits per heavy atom. The van der Waals surface area contributed by atoms with Gasteiger partial charge in [-0.3, -0.25) is 0 Å². The van der Waals surface area contributed by atoms with Gasteiger partial charge in [-0.1, -0.05) is 6.07 Å². The van der Waals surface area contributed by atoms with Crippen LogP contribution >= 0.6 is 0 Å². The summed E-state index contributed by atoms with van der Waals surface area (Å²) in [6.45, 7) is 5.00. The number of nitrogens with zero attached hydrogens (tertiary/aromatic N) is 2. The summed E-state index contributed by atoms with van der Waals surface area (Å²) < 4.78 is 2.15. The Morgan fingerprint density at radius 2 is 2.21 bits per heavy atom. The molecule has 3 heteroatoms. The minimum absolute atomic E-state index is 0.858. The van der Waals surface area contributed by atoms with E-state index < -0.39 is 0 Å². The molecule has 0 bridgehead atoms. The Bertz CT molecular complexity index is 457. The Labute approximate surface area is 83.8 Å². The molecule has 0 unspecified atom stereocenters. The maximum Gasteiger partial charge on any atom is 0.140 e. The van der Waals surface area contributed by atoms with Crippen LogP contribution in [0, 0.1) is 13.8 Å². The molecule has 1 N–H and O–H groups in total. The van der Waals surface area contributed by atoms with E-state index in [2.05, 4.69) is 46.9 Å². The average Bonchev–Trinajstić information content (AvgIpc) is 2.47. The molecule has 2 heterocycles. The predicted molar refractivity (Wildman–Crippen MR) is 57.4 cm³/mol. The molecule has 3 nitrogen and oxygen atoms in total.